The molecule has 2 spiro atoms. The van der Waals surface area contributed by atoms with Crippen molar-refractivity contribution in [3.8, 4) is 0 Å². The molecule has 1 heteroatoms. The summed E-state index contributed by atoms with van der Waals surface area (Å²) in [6.45, 7) is 9.53. The van der Waals surface area contributed by atoms with Crippen molar-refractivity contribution in [2.75, 3.05) is 7.05 Å². The van der Waals surface area contributed by atoms with Crippen molar-refractivity contribution in [1.82, 2.24) is 4.90 Å². The fourth-order valence-electron chi connectivity index (χ4n) is 7.18. The Morgan fingerprint density at radius 1 is 0.625 bits per heavy atom. The van der Waals surface area contributed by atoms with Crippen LogP contribution >= 0.6 is 0 Å². The lowest BCUT2D eigenvalue weighted by Gasteiger charge is -2.42. The Balaban J connectivity index is 1.95. The first kappa shape index (κ1) is 15.2. The van der Waals surface area contributed by atoms with Gasteiger partial charge in [-0.3, -0.25) is 4.90 Å². The monoisotopic (exact) mass is 321 g/mol. The summed E-state index contributed by atoms with van der Waals surface area (Å²) in [5.41, 5.74) is 14.0. The van der Waals surface area contributed by atoms with Crippen molar-refractivity contribution in [2.45, 2.75) is 90.1 Å². The molecule has 0 unspecified atom stereocenters. The number of rotatable bonds is 0. The smallest absolute Gasteiger partial charge is 0.0691 e. The van der Waals surface area contributed by atoms with E-state index in [4.69, 9.17) is 0 Å². The van der Waals surface area contributed by atoms with Gasteiger partial charge in [0.15, 0.2) is 0 Å². The predicted molar refractivity (Wildman–Crippen MR) is 100 cm³/mol. The van der Waals surface area contributed by atoms with Gasteiger partial charge in [-0.05, 0) is 118 Å². The molecule has 24 heavy (non-hydrogen) atoms. The number of benzene rings is 1. The first-order chi connectivity index (χ1) is 11.5. The topological polar surface area (TPSA) is 3.24 Å². The van der Waals surface area contributed by atoms with E-state index in [0.29, 0.717) is 0 Å². The first-order valence-electron chi connectivity index (χ1n) is 10.1. The van der Waals surface area contributed by atoms with Gasteiger partial charge in [0.25, 0.3) is 0 Å². The highest BCUT2D eigenvalue weighted by atomic mass is 15.3. The van der Waals surface area contributed by atoms with Crippen LogP contribution in [0.3, 0.4) is 0 Å². The second-order valence-corrected chi connectivity index (χ2v) is 8.90. The van der Waals surface area contributed by atoms with E-state index < -0.39 is 0 Å². The Labute approximate surface area is 147 Å². The standard InChI is InChI=1S/C23H31N/c1-14-15(2)17(4)21-20(16(14)3)22-12-8-6-10-18(22)19-11-7-9-13-23(19,21)24(22)5/h6-13H2,1-5H3/t22-,23+. The largest absolute Gasteiger partial charge is 0.280 e. The Morgan fingerprint density at radius 3 is 1.46 bits per heavy atom. The molecule has 2 aliphatic heterocycles. The summed E-state index contributed by atoms with van der Waals surface area (Å²) in [4.78, 5) is 2.87. The average molecular weight is 322 g/mol. The van der Waals surface area contributed by atoms with Gasteiger partial charge in [0.2, 0.25) is 0 Å². The molecule has 0 aromatic heterocycles. The van der Waals surface area contributed by atoms with Gasteiger partial charge in [0, 0.05) is 0 Å². The number of likely N-dealkylation sites (N-methyl/N-ethyl adjacent to an activating group) is 1. The second-order valence-electron chi connectivity index (χ2n) is 8.90. The highest BCUT2D eigenvalue weighted by molar-refractivity contribution is 5.69. The number of hydrogen-bond acceptors (Lipinski definition) is 1. The van der Waals surface area contributed by atoms with Crippen LogP contribution in [-0.2, 0) is 11.1 Å². The first-order valence-corrected chi connectivity index (χ1v) is 10.1. The van der Waals surface area contributed by atoms with Crippen LogP contribution in [0, 0.1) is 27.7 Å². The van der Waals surface area contributed by atoms with Gasteiger partial charge in [0.05, 0.1) is 11.1 Å². The molecule has 1 nitrogen and oxygen atoms in total. The second kappa shape index (κ2) is 4.55. The summed E-state index contributed by atoms with van der Waals surface area (Å²) in [7, 11) is 2.47. The van der Waals surface area contributed by atoms with E-state index in [2.05, 4.69) is 39.6 Å². The van der Waals surface area contributed by atoms with Gasteiger partial charge in [-0.1, -0.05) is 12.8 Å². The maximum absolute atomic E-state index is 2.87. The van der Waals surface area contributed by atoms with Crippen molar-refractivity contribution in [3.63, 3.8) is 0 Å². The zero-order chi connectivity index (χ0) is 16.9. The van der Waals surface area contributed by atoms with Crippen molar-refractivity contribution >= 4 is 0 Å². The highest BCUT2D eigenvalue weighted by Crippen LogP contribution is 2.70. The molecule has 1 aromatic carbocycles. The molecule has 0 saturated heterocycles. The molecule has 2 aliphatic carbocycles. The van der Waals surface area contributed by atoms with E-state index in [1.54, 1.807) is 33.4 Å². The van der Waals surface area contributed by atoms with Gasteiger partial charge in [0.1, 0.15) is 0 Å². The minimum Gasteiger partial charge on any atom is -0.280 e. The van der Waals surface area contributed by atoms with Crippen molar-refractivity contribution < 1.29 is 0 Å². The Hall–Kier alpha value is -1.08. The quantitative estimate of drug-likeness (QED) is 0.553. The molecule has 0 radical (unpaired) electrons. The molecular formula is C23H31N. The fraction of sp³-hybridized carbons (Fsp3) is 0.652. The Bertz CT molecular complexity index is 734. The third kappa shape index (κ3) is 1.33. The summed E-state index contributed by atoms with van der Waals surface area (Å²) in [6, 6.07) is 0. The normalized spacial score (nSPS) is 34.4. The molecule has 2 heterocycles. The average Bonchev–Trinajstić information content (AvgIpc) is 2.95. The van der Waals surface area contributed by atoms with Crippen LogP contribution in [0.15, 0.2) is 11.1 Å². The van der Waals surface area contributed by atoms with Crippen LogP contribution in [0.2, 0.25) is 0 Å². The molecule has 4 aliphatic rings. The number of nitrogens with zero attached hydrogens (tertiary/aromatic N) is 1. The van der Waals surface area contributed by atoms with Crippen molar-refractivity contribution in [3.05, 3.63) is 44.5 Å². The summed E-state index contributed by atoms with van der Waals surface area (Å²) in [5, 5.41) is 0. The van der Waals surface area contributed by atoms with E-state index in [1.807, 2.05) is 11.1 Å². The molecule has 2 fully saturated rings. The summed E-state index contributed by atoms with van der Waals surface area (Å²) < 4.78 is 0. The van der Waals surface area contributed by atoms with Crippen LogP contribution < -0.4 is 0 Å². The third-order valence-electron chi connectivity index (χ3n) is 8.45. The van der Waals surface area contributed by atoms with Crippen LogP contribution in [0.5, 0.6) is 0 Å². The lowest BCUT2D eigenvalue weighted by molar-refractivity contribution is 0.0701. The molecule has 0 amide bonds. The van der Waals surface area contributed by atoms with Crippen LogP contribution in [0.25, 0.3) is 0 Å². The Kier molecular flexibility index (Phi) is 2.88. The van der Waals surface area contributed by atoms with E-state index in [9.17, 15) is 0 Å². The maximum Gasteiger partial charge on any atom is 0.0691 e. The lowest BCUT2D eigenvalue weighted by Crippen LogP contribution is -2.45. The molecule has 2 bridgehead atoms. The summed E-state index contributed by atoms with van der Waals surface area (Å²) in [5.74, 6) is 0. The van der Waals surface area contributed by atoms with Gasteiger partial charge >= 0.3 is 0 Å². The minimum atomic E-state index is 0.251. The molecule has 2 atom stereocenters. The van der Waals surface area contributed by atoms with Gasteiger partial charge in [-0.2, -0.15) is 0 Å². The van der Waals surface area contributed by atoms with E-state index in [-0.39, 0.29) is 11.1 Å². The number of fused-ring (bicyclic) bond motifs is 1. The molecule has 2 saturated carbocycles. The molecular weight excluding hydrogens is 290 g/mol. The zero-order valence-corrected chi connectivity index (χ0v) is 16.1. The predicted octanol–water partition coefficient (Wildman–Crippen LogP) is 5.71. The lowest BCUT2D eigenvalue weighted by atomic mass is 9.61. The molecule has 5 rings (SSSR count). The van der Waals surface area contributed by atoms with E-state index in [1.165, 1.54) is 51.4 Å². The molecule has 0 N–H and O–H groups in total. The fourth-order valence-corrected chi connectivity index (χ4v) is 7.18. The van der Waals surface area contributed by atoms with Crippen molar-refractivity contribution in [2.24, 2.45) is 0 Å². The minimum absolute atomic E-state index is 0.251. The van der Waals surface area contributed by atoms with E-state index >= 15 is 0 Å². The van der Waals surface area contributed by atoms with Crippen molar-refractivity contribution in [1.29, 1.82) is 0 Å². The van der Waals surface area contributed by atoms with Gasteiger partial charge < -0.3 is 0 Å². The number of hydrogen-bond donors (Lipinski definition) is 0. The SMILES string of the molecule is Cc1c(C)c(C)c2c(c1C)[C@]13CCCCC1=C1CCCC[C@@]12N3C. The molecule has 128 valence electrons. The van der Waals surface area contributed by atoms with Crippen LogP contribution in [0.4, 0.5) is 0 Å². The van der Waals surface area contributed by atoms with Crippen LogP contribution in [0.1, 0.15) is 84.7 Å². The third-order valence-corrected chi connectivity index (χ3v) is 8.45. The summed E-state index contributed by atoms with van der Waals surface area (Å²) >= 11 is 0. The van der Waals surface area contributed by atoms with Gasteiger partial charge in [-0.25, -0.2) is 0 Å². The molecule has 1 aromatic rings. The summed E-state index contributed by atoms with van der Waals surface area (Å²) in [6.07, 6.45) is 11.0. The van der Waals surface area contributed by atoms with Gasteiger partial charge in [-0.15, -0.1) is 0 Å². The maximum atomic E-state index is 2.87. The zero-order valence-electron chi connectivity index (χ0n) is 16.1. The van der Waals surface area contributed by atoms with E-state index in [0.717, 1.165) is 0 Å². The van der Waals surface area contributed by atoms with Crippen LogP contribution in [-0.4, -0.2) is 11.9 Å². The highest BCUT2D eigenvalue weighted by Gasteiger charge is 2.67. The Morgan fingerprint density at radius 2 is 1.04 bits per heavy atom.